The zero-order valence-corrected chi connectivity index (χ0v) is 85.9. The molecule has 10 aromatic rings. The number of esters is 1. The van der Waals surface area contributed by atoms with Crippen molar-refractivity contribution in [1.82, 2.24) is 39.2 Å². The van der Waals surface area contributed by atoms with Crippen molar-refractivity contribution in [3.63, 3.8) is 0 Å². The molecule has 134 heavy (non-hydrogen) atoms. The molecule has 19 rings (SSSR count). The molecular formula is C107H131ClF3N13O3S7. The number of thioether (sulfide) groups is 2. The summed E-state index contributed by atoms with van der Waals surface area (Å²) in [6.45, 7) is 32.9. The first kappa shape index (κ1) is 101. The highest BCUT2D eigenvalue weighted by molar-refractivity contribution is 8.01. The van der Waals surface area contributed by atoms with E-state index in [9.17, 15) is 22.8 Å². The average molecular weight is 1960 g/mol. The molecule has 4 fully saturated rings. The maximum absolute atomic E-state index is 13.3. The summed E-state index contributed by atoms with van der Waals surface area (Å²) in [6.07, 6.45) is 5.58. The number of likely N-dealkylation sites (N-methyl/N-ethyl adjacent to an activating group) is 3. The van der Waals surface area contributed by atoms with Crippen LogP contribution in [0.1, 0.15) is 88.6 Å². The topological polar surface area (TPSA) is 85.5 Å². The lowest BCUT2D eigenvalue weighted by molar-refractivity contribution is -0.141. The molecule has 16 nitrogen and oxygen atoms in total. The number of benzene rings is 10. The lowest BCUT2D eigenvalue weighted by Gasteiger charge is -2.36. The van der Waals surface area contributed by atoms with Crippen LogP contribution in [0.4, 0.5) is 70.0 Å². The Kier molecular flexibility index (Phi) is 36.9. The fourth-order valence-electron chi connectivity index (χ4n) is 18.5. The van der Waals surface area contributed by atoms with E-state index in [1.54, 1.807) is 29.6 Å². The van der Waals surface area contributed by atoms with Gasteiger partial charge in [0.05, 0.1) is 62.4 Å². The Bertz CT molecular complexity index is 5560. The van der Waals surface area contributed by atoms with Crippen LogP contribution in [-0.4, -0.2) is 261 Å². The highest BCUT2D eigenvalue weighted by Crippen LogP contribution is 2.55. The van der Waals surface area contributed by atoms with E-state index in [0.29, 0.717) is 31.3 Å². The minimum absolute atomic E-state index is 0.197. The molecule has 0 spiro atoms. The molecule has 2 atom stereocenters. The van der Waals surface area contributed by atoms with Gasteiger partial charge in [-0.2, -0.15) is 13.2 Å². The number of piperidine rings is 1. The van der Waals surface area contributed by atoms with Crippen LogP contribution in [0.25, 0.3) is 0 Å². The Labute approximate surface area is 829 Å². The van der Waals surface area contributed by atoms with E-state index >= 15 is 0 Å². The molecule has 0 saturated carbocycles. The van der Waals surface area contributed by atoms with Gasteiger partial charge in [-0.25, -0.2) is 0 Å². The molecule has 0 aromatic heterocycles. The Morgan fingerprint density at radius 2 is 0.821 bits per heavy atom. The maximum Gasteiger partial charge on any atom is 0.416 e. The third-order valence-corrected chi connectivity index (χ3v) is 33.8. The first-order valence-electron chi connectivity index (χ1n) is 47.6. The molecule has 9 aliphatic heterocycles. The van der Waals surface area contributed by atoms with Crippen molar-refractivity contribution in [3.05, 3.63) is 228 Å². The summed E-state index contributed by atoms with van der Waals surface area (Å²) in [5.41, 5.74) is 12.2. The molecular weight excluding hydrogens is 1830 g/mol. The summed E-state index contributed by atoms with van der Waals surface area (Å²) in [6, 6.07) is 73.5. The number of piperazine rings is 3. The van der Waals surface area contributed by atoms with E-state index in [1.165, 1.54) is 179 Å². The molecule has 9 heterocycles. The normalized spacial score (nSPS) is 17.4. The number of halogens is 4. The van der Waals surface area contributed by atoms with Crippen LogP contribution in [0, 0.1) is 5.92 Å². The number of hydrogen-bond acceptors (Lipinski definition) is 23. The molecule has 0 bridgehead atoms. The summed E-state index contributed by atoms with van der Waals surface area (Å²) in [7, 11) is 10.8. The van der Waals surface area contributed by atoms with E-state index in [4.69, 9.17) is 16.3 Å². The SMILES string of the molecule is CC(=O)OCCN1CCN(CCCN2c3ccccc3Sc3ccc(Cl)cc32)CC1.CCC(=O)c1ccc2c(c1)N(CC(C)N(C)C)c1ccccc1S2.CCSc1ccc2c(c1)N(CCCN1CCN(C)CC1)c1ccccc1S2.CN1CCN(CCCN2c3ccccc3Sc3ccc(C(F)(F)F)cc32)CC1.CSc1ccc2c(c1)N(CCC1CCCN(C)C1)c1ccccc1S2. The van der Waals surface area contributed by atoms with Crippen LogP contribution in [0.5, 0.6) is 0 Å². The number of fused-ring (bicyclic) bond motifs is 10. The van der Waals surface area contributed by atoms with E-state index in [1.807, 2.05) is 102 Å². The van der Waals surface area contributed by atoms with E-state index in [-0.39, 0.29) is 11.8 Å². The van der Waals surface area contributed by atoms with Crippen molar-refractivity contribution in [2.45, 2.75) is 144 Å². The summed E-state index contributed by atoms with van der Waals surface area (Å²) < 4.78 is 44.9. The highest BCUT2D eigenvalue weighted by atomic mass is 35.5. The van der Waals surface area contributed by atoms with Crippen molar-refractivity contribution in [2.75, 3.05) is 229 Å². The van der Waals surface area contributed by atoms with Gasteiger partial charge in [-0.1, -0.05) is 151 Å². The fourth-order valence-corrected chi connectivity index (χ4v) is 25.2. The van der Waals surface area contributed by atoms with Crippen molar-refractivity contribution in [1.29, 1.82) is 0 Å². The third kappa shape index (κ3) is 26.8. The van der Waals surface area contributed by atoms with E-state index in [2.05, 4.69) is 277 Å². The van der Waals surface area contributed by atoms with Crippen molar-refractivity contribution >= 4 is 163 Å². The van der Waals surface area contributed by atoms with Gasteiger partial charge in [0.25, 0.3) is 0 Å². The number of Topliss-reactive ketones (excluding diaryl/α,β-unsaturated/α-hetero) is 1. The van der Waals surface area contributed by atoms with Gasteiger partial charge in [-0.05, 0) is 270 Å². The Morgan fingerprint density at radius 3 is 1.25 bits per heavy atom. The maximum atomic E-state index is 13.3. The number of ketones is 1. The highest BCUT2D eigenvalue weighted by Gasteiger charge is 2.36. The molecule has 0 N–H and O–H groups in total. The summed E-state index contributed by atoms with van der Waals surface area (Å²) in [4.78, 5) is 69.7. The monoisotopic (exact) mass is 1960 g/mol. The third-order valence-electron chi connectivity index (χ3n) is 26.3. The second-order valence-corrected chi connectivity index (χ2v) is 44.0. The second-order valence-electron chi connectivity index (χ2n) is 36.0. The van der Waals surface area contributed by atoms with E-state index < -0.39 is 11.7 Å². The van der Waals surface area contributed by atoms with Gasteiger partial charge >= 0.3 is 12.1 Å². The second kappa shape index (κ2) is 48.9. The van der Waals surface area contributed by atoms with Crippen LogP contribution >= 0.6 is 93.9 Å². The van der Waals surface area contributed by atoms with Gasteiger partial charge < -0.3 is 63.5 Å². The predicted molar refractivity (Wildman–Crippen MR) is 562 cm³/mol. The largest absolute Gasteiger partial charge is 0.465 e. The summed E-state index contributed by atoms with van der Waals surface area (Å²) in [5, 5.41) is 0.781. The number of likely N-dealkylation sites (tertiary alicyclic amines) is 1. The van der Waals surface area contributed by atoms with Crippen molar-refractivity contribution in [3.8, 4) is 0 Å². The van der Waals surface area contributed by atoms with Gasteiger partial charge in [0.1, 0.15) is 6.61 Å². The minimum Gasteiger partial charge on any atom is -0.465 e. The van der Waals surface area contributed by atoms with Gasteiger partial charge in [-0.15, -0.1) is 23.5 Å². The molecule has 4 saturated heterocycles. The minimum atomic E-state index is -4.33. The van der Waals surface area contributed by atoms with Crippen LogP contribution in [-0.2, 0) is 15.7 Å². The molecule has 712 valence electrons. The number of rotatable bonds is 26. The van der Waals surface area contributed by atoms with Crippen molar-refractivity contribution in [2.24, 2.45) is 5.92 Å². The number of anilines is 10. The molecule has 9 aliphatic rings. The van der Waals surface area contributed by atoms with Crippen LogP contribution in [0.3, 0.4) is 0 Å². The summed E-state index contributed by atoms with van der Waals surface area (Å²) >= 11 is 19.0. The zero-order valence-electron chi connectivity index (χ0n) is 79.4. The first-order chi connectivity index (χ1) is 65.0. The molecule has 0 radical (unpaired) electrons. The van der Waals surface area contributed by atoms with E-state index in [0.717, 1.165) is 154 Å². The van der Waals surface area contributed by atoms with Crippen LogP contribution in [0.2, 0.25) is 5.02 Å². The lowest BCUT2D eigenvalue weighted by atomic mass is 9.95. The molecule has 0 aliphatic carbocycles. The fraction of sp³-hybridized carbons (Fsp3) is 0.421. The molecule has 10 aromatic carbocycles. The summed E-state index contributed by atoms with van der Waals surface area (Å²) in [5.74, 6) is 1.94. The number of para-hydroxylation sites is 5. The number of ether oxygens (including phenoxy) is 1. The number of hydrogen-bond donors (Lipinski definition) is 0. The Balaban J connectivity index is 0.000000128. The number of carbonyl (C=O) groups is 2. The average Bonchev–Trinajstić information content (AvgIpc) is 0.769. The quantitative estimate of drug-likeness (QED) is 0.0293. The van der Waals surface area contributed by atoms with Crippen LogP contribution in [0.15, 0.2) is 271 Å². The smallest absolute Gasteiger partial charge is 0.416 e. The standard InChI is InChI=1S/C23H28ClN3O2S.C22H29N3S2.C21H24F3N3S.C21H26N2S2.C20H24N2OS/c1-18(28)29-16-15-26-13-11-25(12-14-26)9-4-10-27-20-5-2-3-6-22(20)30-23-8-7-19(24)17-21(23)27;1-3-26-18-9-10-22-20(17-18)25(19-7-4-5-8-21(19)27-22)12-6-11-24-15-13-23(2)14-16-24;1-25-11-13-26(14-12-25)9-4-10-27-17-5-2-3-6-19(17)28-20-8-7-16(15-18(20)27)21(22,23)24;1-22-12-5-6-16(15-22)11-13-23-18-7-3-4-8-20(18)25-21-10-9-17(24-2)14-19(21)23;1-5-18(23)15-10-11-20-17(12-15)22(13-14(2)21(3)4)16-8-6-7-9-19(16)24-20/h2-3,5-8,17H,4,9-16H2,1H3;4-5,7-10,17H,3,6,11-16H2,1-2H3;2-3,5-8,15H,4,9-14H2,1H3;3-4,7-10,14,16H,5-6,11-13,15H2,1-2H3;6-12,14H,5,13H2,1-4H3. The molecule has 27 heteroatoms. The van der Waals surface area contributed by atoms with Crippen LogP contribution < -0.4 is 24.5 Å². The predicted octanol–water partition coefficient (Wildman–Crippen LogP) is 25.1. The van der Waals surface area contributed by atoms with Gasteiger partial charge in [-0.3, -0.25) is 14.5 Å². The van der Waals surface area contributed by atoms with Crippen molar-refractivity contribution < 1.29 is 27.5 Å². The Hall–Kier alpha value is -7.45. The number of nitrogens with zero attached hydrogens (tertiary/aromatic N) is 13. The Morgan fingerprint density at radius 1 is 0.440 bits per heavy atom. The van der Waals surface area contributed by atoms with Gasteiger partial charge in [0.15, 0.2) is 5.78 Å². The zero-order chi connectivity index (χ0) is 93.8. The molecule has 0 amide bonds. The number of alkyl halides is 3. The van der Waals surface area contributed by atoms with Gasteiger partial charge in [0, 0.05) is 213 Å². The first-order valence-corrected chi connectivity index (χ1v) is 54.3. The lowest BCUT2D eigenvalue weighted by Crippen LogP contribution is -2.47. The molecule has 2 unspecified atom stereocenters. The van der Waals surface area contributed by atoms with Gasteiger partial charge in [0.2, 0.25) is 0 Å². The number of carbonyl (C=O) groups excluding carboxylic acids is 2.